The Labute approximate surface area is 189 Å². The first-order valence-corrected chi connectivity index (χ1v) is 10.9. The van der Waals surface area contributed by atoms with E-state index in [9.17, 15) is 9.18 Å². The van der Waals surface area contributed by atoms with Gasteiger partial charge in [0.05, 0.1) is 17.6 Å². The SMILES string of the molecule is Cn1cc(-c2cc3cc(NC(=O)c4cocn4)nc(C4CCN(CCF)CC4)c3cn2)cn1. The van der Waals surface area contributed by atoms with Crippen molar-refractivity contribution in [2.24, 2.45) is 7.05 Å². The van der Waals surface area contributed by atoms with E-state index in [2.05, 4.69) is 25.3 Å². The Morgan fingerprint density at radius 2 is 2.09 bits per heavy atom. The summed E-state index contributed by atoms with van der Waals surface area (Å²) in [4.78, 5) is 28.1. The van der Waals surface area contributed by atoms with E-state index in [1.165, 1.54) is 12.7 Å². The zero-order valence-corrected chi connectivity index (χ0v) is 18.2. The molecule has 1 N–H and O–H groups in total. The van der Waals surface area contributed by atoms with Gasteiger partial charge in [0.2, 0.25) is 0 Å². The Bertz CT molecular complexity index is 1260. The number of piperidine rings is 1. The van der Waals surface area contributed by atoms with Crippen molar-refractivity contribution in [1.29, 1.82) is 0 Å². The topological polar surface area (TPSA) is 102 Å². The number of amides is 1. The lowest BCUT2D eigenvalue weighted by molar-refractivity contribution is 0.102. The van der Waals surface area contributed by atoms with Crippen molar-refractivity contribution >= 4 is 22.5 Å². The molecule has 1 amide bonds. The minimum absolute atomic E-state index is 0.184. The minimum atomic E-state index is -0.388. The summed E-state index contributed by atoms with van der Waals surface area (Å²) in [6.07, 6.45) is 9.76. The van der Waals surface area contributed by atoms with E-state index in [1.54, 1.807) is 10.9 Å². The molecule has 0 unspecified atom stereocenters. The molecule has 170 valence electrons. The summed E-state index contributed by atoms with van der Waals surface area (Å²) in [6.45, 7) is 1.75. The van der Waals surface area contributed by atoms with Crippen LogP contribution in [0.15, 0.2) is 47.8 Å². The summed E-state index contributed by atoms with van der Waals surface area (Å²) in [5, 5.41) is 8.95. The minimum Gasteiger partial charge on any atom is -0.451 e. The molecule has 0 radical (unpaired) electrons. The van der Waals surface area contributed by atoms with Gasteiger partial charge in [0.25, 0.3) is 5.91 Å². The molecule has 0 atom stereocenters. The van der Waals surface area contributed by atoms with Crippen molar-refractivity contribution < 1.29 is 13.6 Å². The largest absolute Gasteiger partial charge is 0.451 e. The van der Waals surface area contributed by atoms with Gasteiger partial charge in [-0.3, -0.25) is 14.5 Å². The molecule has 33 heavy (non-hydrogen) atoms. The van der Waals surface area contributed by atoms with Crippen LogP contribution in [0.3, 0.4) is 0 Å². The van der Waals surface area contributed by atoms with Crippen LogP contribution in [-0.4, -0.2) is 61.8 Å². The third kappa shape index (κ3) is 4.47. The molecule has 0 saturated carbocycles. The molecule has 1 aliphatic rings. The van der Waals surface area contributed by atoms with E-state index >= 15 is 0 Å². The molecule has 0 spiro atoms. The van der Waals surface area contributed by atoms with Crippen LogP contribution in [-0.2, 0) is 7.05 Å². The number of carbonyl (C=O) groups excluding carboxylic acids is 1. The molecule has 5 heterocycles. The molecular weight excluding hydrogens is 425 g/mol. The molecule has 0 aromatic carbocycles. The van der Waals surface area contributed by atoms with E-state index in [4.69, 9.17) is 9.40 Å². The molecule has 5 rings (SSSR count). The maximum Gasteiger partial charge on any atom is 0.278 e. The van der Waals surface area contributed by atoms with Gasteiger partial charge in [0, 0.05) is 42.9 Å². The highest BCUT2D eigenvalue weighted by molar-refractivity contribution is 6.03. The number of hydrogen-bond donors (Lipinski definition) is 1. The number of carbonyl (C=O) groups is 1. The molecule has 1 saturated heterocycles. The van der Waals surface area contributed by atoms with Crippen LogP contribution in [0.1, 0.15) is 34.9 Å². The molecule has 1 fully saturated rings. The number of anilines is 1. The first kappa shape index (κ1) is 21.2. The molecule has 9 nitrogen and oxygen atoms in total. The zero-order valence-electron chi connectivity index (χ0n) is 18.2. The van der Waals surface area contributed by atoms with Gasteiger partial charge in [-0.05, 0) is 43.5 Å². The van der Waals surface area contributed by atoms with Gasteiger partial charge in [-0.15, -0.1) is 0 Å². The number of aryl methyl sites for hydroxylation is 1. The van der Waals surface area contributed by atoms with Gasteiger partial charge in [-0.2, -0.15) is 5.10 Å². The third-order valence-corrected chi connectivity index (χ3v) is 6.03. The number of halogens is 1. The van der Waals surface area contributed by atoms with Crippen molar-refractivity contribution in [3.8, 4) is 11.3 Å². The molecule has 4 aromatic heterocycles. The zero-order chi connectivity index (χ0) is 22.8. The first-order chi connectivity index (χ1) is 16.1. The van der Waals surface area contributed by atoms with E-state index in [1.807, 2.05) is 31.6 Å². The Morgan fingerprint density at radius 1 is 1.24 bits per heavy atom. The summed E-state index contributed by atoms with van der Waals surface area (Å²) in [5.74, 6) is 0.249. The van der Waals surface area contributed by atoms with Gasteiger partial charge in [0.1, 0.15) is 18.8 Å². The molecule has 1 aliphatic heterocycles. The van der Waals surface area contributed by atoms with Crippen LogP contribution in [0, 0.1) is 0 Å². The first-order valence-electron chi connectivity index (χ1n) is 10.9. The van der Waals surface area contributed by atoms with E-state index in [0.29, 0.717) is 12.4 Å². The number of nitrogens with zero attached hydrogens (tertiary/aromatic N) is 6. The van der Waals surface area contributed by atoms with Crippen molar-refractivity contribution in [2.45, 2.75) is 18.8 Å². The summed E-state index contributed by atoms with van der Waals surface area (Å²) in [7, 11) is 1.86. The molecule has 0 bridgehead atoms. The van der Waals surface area contributed by atoms with Crippen molar-refractivity contribution in [3.63, 3.8) is 0 Å². The Hall–Kier alpha value is -3.66. The van der Waals surface area contributed by atoms with E-state index in [0.717, 1.165) is 53.7 Å². The van der Waals surface area contributed by atoms with Crippen LogP contribution < -0.4 is 5.32 Å². The maximum atomic E-state index is 12.8. The fraction of sp³-hybridized carbons (Fsp3) is 0.348. The summed E-state index contributed by atoms with van der Waals surface area (Å²) in [5.41, 5.74) is 2.78. The van der Waals surface area contributed by atoms with Gasteiger partial charge >= 0.3 is 0 Å². The molecule has 0 aliphatic carbocycles. The van der Waals surface area contributed by atoms with Crippen LogP contribution in [0.25, 0.3) is 22.0 Å². The highest BCUT2D eigenvalue weighted by atomic mass is 19.1. The Kier molecular flexibility index (Phi) is 5.82. The predicted molar refractivity (Wildman–Crippen MR) is 121 cm³/mol. The average Bonchev–Trinajstić information content (AvgIpc) is 3.51. The maximum absolute atomic E-state index is 12.8. The fourth-order valence-corrected chi connectivity index (χ4v) is 4.32. The number of rotatable bonds is 6. The smallest absolute Gasteiger partial charge is 0.278 e. The third-order valence-electron chi connectivity index (χ3n) is 6.03. The molecule has 10 heteroatoms. The number of likely N-dealkylation sites (tertiary alicyclic amines) is 1. The standard InChI is InChI=1S/C23H24FN7O2/c1-30-12-17(10-27-30)19-8-16-9-21(29-23(32)20-13-33-14-26-20)28-22(18(16)11-25-19)15-2-5-31(6-3-15)7-4-24/h8-15H,2-7H2,1H3,(H,28,29,32). The number of oxazole rings is 1. The number of pyridine rings is 2. The van der Waals surface area contributed by atoms with Crippen molar-refractivity contribution in [1.82, 2.24) is 29.6 Å². The average molecular weight is 449 g/mol. The molecular formula is C23H24FN7O2. The second kappa shape index (κ2) is 9.07. The van der Waals surface area contributed by atoms with Crippen LogP contribution in [0.4, 0.5) is 10.2 Å². The lowest BCUT2D eigenvalue weighted by Gasteiger charge is -2.31. The summed E-state index contributed by atoms with van der Waals surface area (Å²) in [6, 6.07) is 3.83. The highest BCUT2D eigenvalue weighted by Gasteiger charge is 2.24. The number of aromatic nitrogens is 5. The van der Waals surface area contributed by atoms with Crippen molar-refractivity contribution in [2.75, 3.05) is 31.6 Å². The fourth-order valence-electron chi connectivity index (χ4n) is 4.32. The second-order valence-corrected chi connectivity index (χ2v) is 8.22. The number of hydrogen-bond acceptors (Lipinski definition) is 7. The quantitative estimate of drug-likeness (QED) is 0.481. The lowest BCUT2D eigenvalue weighted by Crippen LogP contribution is -2.34. The van der Waals surface area contributed by atoms with Gasteiger partial charge < -0.3 is 14.6 Å². The Balaban J connectivity index is 1.52. The monoisotopic (exact) mass is 449 g/mol. The molecule has 4 aromatic rings. The number of fused-ring (bicyclic) bond motifs is 1. The van der Waals surface area contributed by atoms with E-state index in [-0.39, 0.29) is 24.2 Å². The van der Waals surface area contributed by atoms with Crippen LogP contribution >= 0.6 is 0 Å². The second-order valence-electron chi connectivity index (χ2n) is 8.22. The van der Waals surface area contributed by atoms with Gasteiger partial charge in [-0.1, -0.05) is 0 Å². The lowest BCUT2D eigenvalue weighted by atomic mass is 9.90. The number of nitrogens with one attached hydrogen (secondary N) is 1. The highest BCUT2D eigenvalue weighted by Crippen LogP contribution is 2.34. The van der Waals surface area contributed by atoms with Crippen LogP contribution in [0.5, 0.6) is 0 Å². The van der Waals surface area contributed by atoms with Crippen molar-refractivity contribution in [3.05, 3.63) is 54.8 Å². The summed E-state index contributed by atoms with van der Waals surface area (Å²) < 4.78 is 19.4. The van der Waals surface area contributed by atoms with Gasteiger partial charge in [0.15, 0.2) is 12.1 Å². The number of alkyl halides is 1. The normalized spacial score (nSPS) is 15.2. The van der Waals surface area contributed by atoms with E-state index < -0.39 is 0 Å². The predicted octanol–water partition coefficient (Wildman–Crippen LogP) is 3.42. The van der Waals surface area contributed by atoms with Gasteiger partial charge in [-0.25, -0.2) is 14.4 Å². The Morgan fingerprint density at radius 3 is 2.79 bits per heavy atom. The van der Waals surface area contributed by atoms with Crippen LogP contribution in [0.2, 0.25) is 0 Å². The summed E-state index contributed by atoms with van der Waals surface area (Å²) >= 11 is 0.